The van der Waals surface area contributed by atoms with Crippen molar-refractivity contribution in [3.63, 3.8) is 0 Å². The van der Waals surface area contributed by atoms with Gasteiger partial charge in [0.1, 0.15) is 0 Å². The van der Waals surface area contributed by atoms with Gasteiger partial charge in [-0.1, -0.05) is 6.92 Å². The van der Waals surface area contributed by atoms with Crippen LogP contribution in [0.1, 0.15) is 32.6 Å². The van der Waals surface area contributed by atoms with Crippen molar-refractivity contribution >= 4 is 0 Å². The zero-order chi connectivity index (χ0) is 10.9. The Morgan fingerprint density at radius 2 is 1.60 bits per heavy atom. The molecule has 2 saturated carbocycles. The molecule has 3 nitrogen and oxygen atoms in total. The lowest BCUT2D eigenvalue weighted by atomic mass is 9.92. The van der Waals surface area contributed by atoms with E-state index in [4.69, 9.17) is 0 Å². The summed E-state index contributed by atoms with van der Waals surface area (Å²) in [5.74, 6) is 1.75. The van der Waals surface area contributed by atoms with E-state index in [0.717, 1.165) is 18.4 Å². The Balaban J connectivity index is 1.79. The van der Waals surface area contributed by atoms with E-state index in [1.807, 2.05) is 6.92 Å². The lowest BCUT2D eigenvalue weighted by Gasteiger charge is -2.28. The molecule has 0 saturated heterocycles. The van der Waals surface area contributed by atoms with Crippen LogP contribution in [0.4, 0.5) is 0 Å². The van der Waals surface area contributed by atoms with E-state index in [9.17, 15) is 10.2 Å². The van der Waals surface area contributed by atoms with Crippen LogP contribution >= 0.6 is 0 Å². The SMILES string of the molecule is CC(CO)(CO)CNC(C1CC1)C1CC1. The summed E-state index contributed by atoms with van der Waals surface area (Å²) < 4.78 is 0. The van der Waals surface area contributed by atoms with E-state index in [-0.39, 0.29) is 18.6 Å². The van der Waals surface area contributed by atoms with Gasteiger partial charge in [-0.15, -0.1) is 0 Å². The highest BCUT2D eigenvalue weighted by molar-refractivity contribution is 4.97. The van der Waals surface area contributed by atoms with Gasteiger partial charge in [-0.2, -0.15) is 0 Å². The topological polar surface area (TPSA) is 52.5 Å². The van der Waals surface area contributed by atoms with Crippen LogP contribution < -0.4 is 5.32 Å². The number of aliphatic hydroxyl groups excluding tert-OH is 2. The molecule has 0 aromatic carbocycles. The van der Waals surface area contributed by atoms with Gasteiger partial charge in [-0.25, -0.2) is 0 Å². The second kappa shape index (κ2) is 4.40. The zero-order valence-corrected chi connectivity index (χ0v) is 9.58. The van der Waals surface area contributed by atoms with Gasteiger partial charge in [-0.3, -0.25) is 0 Å². The third-order valence-electron chi connectivity index (χ3n) is 3.79. The maximum atomic E-state index is 9.21. The minimum absolute atomic E-state index is 0.0541. The molecule has 0 spiro atoms. The fourth-order valence-corrected chi connectivity index (χ4v) is 2.15. The lowest BCUT2D eigenvalue weighted by molar-refractivity contribution is 0.0657. The number of rotatable bonds is 7. The normalized spacial score (nSPS) is 22.4. The van der Waals surface area contributed by atoms with E-state index in [1.165, 1.54) is 25.7 Å². The van der Waals surface area contributed by atoms with Crippen molar-refractivity contribution in [2.24, 2.45) is 17.3 Å². The first kappa shape index (κ1) is 11.4. The van der Waals surface area contributed by atoms with E-state index < -0.39 is 0 Å². The van der Waals surface area contributed by atoms with Crippen molar-refractivity contribution < 1.29 is 10.2 Å². The molecule has 88 valence electrons. The van der Waals surface area contributed by atoms with E-state index in [1.54, 1.807) is 0 Å². The molecule has 0 aromatic rings. The van der Waals surface area contributed by atoms with Crippen LogP contribution in [-0.4, -0.2) is 36.0 Å². The molecule has 0 amide bonds. The summed E-state index contributed by atoms with van der Waals surface area (Å²) in [6.45, 7) is 2.77. The number of nitrogens with one attached hydrogen (secondary N) is 1. The Labute approximate surface area is 91.9 Å². The molecule has 0 radical (unpaired) electrons. The average Bonchev–Trinajstić information content (AvgIpc) is 3.10. The van der Waals surface area contributed by atoms with Gasteiger partial charge in [0, 0.05) is 18.0 Å². The van der Waals surface area contributed by atoms with Gasteiger partial charge in [0.2, 0.25) is 0 Å². The molecule has 0 aliphatic heterocycles. The maximum Gasteiger partial charge on any atom is 0.0518 e. The minimum atomic E-state index is -0.359. The maximum absolute atomic E-state index is 9.21. The Morgan fingerprint density at radius 1 is 1.13 bits per heavy atom. The summed E-state index contributed by atoms with van der Waals surface area (Å²) >= 11 is 0. The van der Waals surface area contributed by atoms with E-state index in [0.29, 0.717) is 6.04 Å². The molecule has 2 aliphatic carbocycles. The molecule has 3 N–H and O–H groups in total. The van der Waals surface area contributed by atoms with Crippen LogP contribution in [0.5, 0.6) is 0 Å². The van der Waals surface area contributed by atoms with Gasteiger partial charge < -0.3 is 15.5 Å². The third kappa shape index (κ3) is 2.92. The smallest absolute Gasteiger partial charge is 0.0518 e. The highest BCUT2D eigenvalue weighted by atomic mass is 16.3. The first-order valence-corrected chi connectivity index (χ1v) is 6.14. The average molecular weight is 213 g/mol. The third-order valence-corrected chi connectivity index (χ3v) is 3.79. The Hall–Kier alpha value is -0.120. The first-order chi connectivity index (χ1) is 7.18. The second-order valence-corrected chi connectivity index (χ2v) is 5.71. The van der Waals surface area contributed by atoms with Crippen LogP contribution in [0.25, 0.3) is 0 Å². The molecule has 2 aliphatic rings. The quantitative estimate of drug-likeness (QED) is 0.585. The highest BCUT2D eigenvalue weighted by Crippen LogP contribution is 2.44. The molecule has 0 unspecified atom stereocenters. The summed E-state index contributed by atoms with van der Waals surface area (Å²) in [5.41, 5.74) is -0.359. The van der Waals surface area contributed by atoms with Crippen molar-refractivity contribution in [3.05, 3.63) is 0 Å². The first-order valence-electron chi connectivity index (χ1n) is 6.14. The predicted molar refractivity (Wildman–Crippen MR) is 59.5 cm³/mol. The van der Waals surface area contributed by atoms with Crippen molar-refractivity contribution in [1.29, 1.82) is 0 Å². The molecule has 2 rings (SSSR count). The molecule has 0 heterocycles. The Bertz CT molecular complexity index is 196. The number of hydrogen-bond acceptors (Lipinski definition) is 3. The van der Waals surface area contributed by atoms with Gasteiger partial charge in [0.15, 0.2) is 0 Å². The molecular formula is C12H23NO2. The Kier molecular flexibility index (Phi) is 3.33. The number of aliphatic hydroxyl groups is 2. The van der Waals surface area contributed by atoms with Crippen LogP contribution in [0.3, 0.4) is 0 Å². The van der Waals surface area contributed by atoms with Gasteiger partial charge in [-0.05, 0) is 37.5 Å². The van der Waals surface area contributed by atoms with Crippen LogP contribution in [-0.2, 0) is 0 Å². The van der Waals surface area contributed by atoms with Crippen LogP contribution in [0.15, 0.2) is 0 Å². The minimum Gasteiger partial charge on any atom is -0.396 e. The second-order valence-electron chi connectivity index (χ2n) is 5.71. The molecule has 15 heavy (non-hydrogen) atoms. The molecule has 0 bridgehead atoms. The zero-order valence-electron chi connectivity index (χ0n) is 9.58. The summed E-state index contributed by atoms with van der Waals surface area (Å²) in [6.07, 6.45) is 5.46. The fraction of sp³-hybridized carbons (Fsp3) is 1.00. The van der Waals surface area contributed by atoms with Crippen molar-refractivity contribution in [2.75, 3.05) is 19.8 Å². The molecule has 0 atom stereocenters. The standard InChI is InChI=1S/C12H23NO2/c1-12(7-14,8-15)6-13-11(9-2-3-9)10-4-5-10/h9-11,13-15H,2-8H2,1H3. The molecule has 2 fully saturated rings. The van der Waals surface area contributed by atoms with Crippen molar-refractivity contribution in [2.45, 2.75) is 38.6 Å². The highest BCUT2D eigenvalue weighted by Gasteiger charge is 2.41. The largest absolute Gasteiger partial charge is 0.396 e. The summed E-state index contributed by atoms with van der Waals surface area (Å²) in [7, 11) is 0. The summed E-state index contributed by atoms with van der Waals surface area (Å²) in [4.78, 5) is 0. The van der Waals surface area contributed by atoms with Crippen molar-refractivity contribution in [1.82, 2.24) is 5.32 Å². The van der Waals surface area contributed by atoms with Crippen LogP contribution in [0, 0.1) is 17.3 Å². The van der Waals surface area contributed by atoms with Gasteiger partial charge in [0.25, 0.3) is 0 Å². The van der Waals surface area contributed by atoms with Crippen LogP contribution in [0.2, 0.25) is 0 Å². The van der Waals surface area contributed by atoms with Gasteiger partial charge >= 0.3 is 0 Å². The molecule has 3 heteroatoms. The number of hydrogen-bond donors (Lipinski definition) is 3. The predicted octanol–water partition coefficient (Wildman–Crippen LogP) is 0.755. The summed E-state index contributed by atoms with van der Waals surface area (Å²) in [6, 6.07) is 0.655. The Morgan fingerprint density at radius 3 is 1.93 bits per heavy atom. The molecular weight excluding hydrogens is 190 g/mol. The van der Waals surface area contributed by atoms with E-state index >= 15 is 0 Å². The summed E-state index contributed by atoms with van der Waals surface area (Å²) in [5, 5.41) is 22.0. The van der Waals surface area contributed by atoms with Gasteiger partial charge in [0.05, 0.1) is 13.2 Å². The lowest BCUT2D eigenvalue weighted by Crippen LogP contribution is -2.44. The van der Waals surface area contributed by atoms with E-state index in [2.05, 4.69) is 5.32 Å². The molecule has 0 aromatic heterocycles. The fourth-order valence-electron chi connectivity index (χ4n) is 2.15. The van der Waals surface area contributed by atoms with Crippen molar-refractivity contribution in [3.8, 4) is 0 Å². The monoisotopic (exact) mass is 213 g/mol.